The minimum atomic E-state index is -0.774. The summed E-state index contributed by atoms with van der Waals surface area (Å²) in [5.74, 6) is -1.74. The molecule has 1 aliphatic rings. The van der Waals surface area contributed by atoms with Crippen molar-refractivity contribution >= 4 is 46.3 Å². The van der Waals surface area contributed by atoms with Gasteiger partial charge in [0.15, 0.2) is 5.69 Å². The summed E-state index contributed by atoms with van der Waals surface area (Å²) in [6.45, 7) is 5.70. The number of nitrogen functional groups attached to an aromatic ring is 1. The van der Waals surface area contributed by atoms with Gasteiger partial charge in [-0.05, 0) is 38.0 Å². The van der Waals surface area contributed by atoms with E-state index in [1.165, 1.54) is 11.7 Å². The van der Waals surface area contributed by atoms with E-state index in [2.05, 4.69) is 0 Å². The number of carbonyl (C=O) groups excluding carboxylic acids is 3. The van der Waals surface area contributed by atoms with Crippen LogP contribution in [0.3, 0.4) is 0 Å². The van der Waals surface area contributed by atoms with E-state index in [1.807, 2.05) is 62.4 Å². The van der Waals surface area contributed by atoms with Crippen LogP contribution in [0.4, 0.5) is 5.69 Å². The van der Waals surface area contributed by atoms with Crippen molar-refractivity contribution in [2.24, 2.45) is 0 Å². The van der Waals surface area contributed by atoms with Crippen molar-refractivity contribution in [3.63, 3.8) is 0 Å². The van der Waals surface area contributed by atoms with Crippen molar-refractivity contribution < 1.29 is 23.9 Å². The molecule has 35 heavy (non-hydrogen) atoms. The van der Waals surface area contributed by atoms with Gasteiger partial charge in [0, 0.05) is 5.22 Å². The van der Waals surface area contributed by atoms with Crippen LogP contribution in [0.2, 0.25) is 0 Å². The van der Waals surface area contributed by atoms with E-state index in [0.717, 1.165) is 28.5 Å². The Morgan fingerprint density at radius 1 is 1.03 bits per heavy atom. The molecule has 7 nitrogen and oxygen atoms in total. The van der Waals surface area contributed by atoms with Gasteiger partial charge < -0.3 is 15.2 Å². The highest BCUT2D eigenvalue weighted by Gasteiger charge is 2.38. The molecule has 0 spiro atoms. The molecule has 1 atom stereocenters. The molecule has 2 heterocycles. The van der Waals surface area contributed by atoms with Gasteiger partial charge in [0.2, 0.25) is 5.91 Å². The summed E-state index contributed by atoms with van der Waals surface area (Å²) in [4.78, 5) is 40.0. The van der Waals surface area contributed by atoms with E-state index >= 15 is 0 Å². The molecule has 0 bridgehead atoms. The number of carbonyl (C=O) groups is 3. The molecular weight excluding hydrogens is 464 g/mol. The summed E-state index contributed by atoms with van der Waals surface area (Å²) in [7, 11) is 1.28. The molecule has 0 unspecified atom stereocenters. The molecular formula is C27H26N2O5S. The molecule has 0 radical (unpaired) electrons. The summed E-state index contributed by atoms with van der Waals surface area (Å²) in [5.41, 5.74) is 10.1. The Morgan fingerprint density at radius 2 is 1.63 bits per heavy atom. The van der Waals surface area contributed by atoms with E-state index in [1.54, 1.807) is 13.0 Å². The number of aryl methyl sites for hydroxylation is 2. The molecule has 1 aromatic heterocycles. The van der Waals surface area contributed by atoms with Crippen molar-refractivity contribution in [1.29, 1.82) is 0 Å². The van der Waals surface area contributed by atoms with Crippen LogP contribution in [-0.2, 0) is 14.3 Å². The normalized spacial score (nSPS) is 15.7. The van der Waals surface area contributed by atoms with Crippen LogP contribution < -0.4 is 16.3 Å². The fraction of sp³-hybridized carbons (Fsp3) is 0.222. The molecule has 0 fully saturated rings. The SMILES string of the molecule is CCOC(=O)c1c(N)/c(=C\c2ccc(C)cc2)c2n1C(=O)[C@@H](c1ccc(C)cc1)SC=2C(=O)OC. The van der Waals surface area contributed by atoms with Gasteiger partial charge >= 0.3 is 11.9 Å². The monoisotopic (exact) mass is 490 g/mol. The number of rotatable bonds is 5. The number of nitrogens with zero attached hydrogens (tertiary/aromatic N) is 1. The molecule has 0 amide bonds. The van der Waals surface area contributed by atoms with Crippen LogP contribution in [0.5, 0.6) is 0 Å². The van der Waals surface area contributed by atoms with Crippen LogP contribution in [0.15, 0.2) is 48.5 Å². The van der Waals surface area contributed by atoms with Gasteiger partial charge in [-0.15, -0.1) is 0 Å². The summed E-state index contributed by atoms with van der Waals surface area (Å²) in [6, 6.07) is 15.1. The van der Waals surface area contributed by atoms with E-state index in [9.17, 15) is 14.4 Å². The van der Waals surface area contributed by atoms with Gasteiger partial charge in [0.1, 0.15) is 10.2 Å². The van der Waals surface area contributed by atoms with E-state index < -0.39 is 17.2 Å². The summed E-state index contributed by atoms with van der Waals surface area (Å²) in [6.07, 6.45) is 1.76. The molecule has 180 valence electrons. The number of hydrogen-bond acceptors (Lipinski definition) is 7. The van der Waals surface area contributed by atoms with Crippen LogP contribution in [-0.4, -0.2) is 36.1 Å². The van der Waals surface area contributed by atoms with E-state index in [4.69, 9.17) is 15.2 Å². The zero-order chi connectivity index (χ0) is 25.3. The zero-order valence-corrected chi connectivity index (χ0v) is 20.8. The van der Waals surface area contributed by atoms with Crippen molar-refractivity contribution in [2.45, 2.75) is 26.0 Å². The number of esters is 2. The van der Waals surface area contributed by atoms with Gasteiger partial charge in [-0.3, -0.25) is 9.36 Å². The third kappa shape index (κ3) is 4.49. The number of aromatic nitrogens is 1. The molecule has 2 N–H and O–H groups in total. The molecule has 1 aliphatic heterocycles. The van der Waals surface area contributed by atoms with Crippen LogP contribution in [0.1, 0.15) is 49.7 Å². The lowest BCUT2D eigenvalue weighted by atomic mass is 10.1. The highest BCUT2D eigenvalue weighted by molar-refractivity contribution is 8.10. The first-order valence-electron chi connectivity index (χ1n) is 11.1. The number of benzene rings is 2. The number of ether oxygens (including phenoxy) is 2. The molecule has 0 saturated heterocycles. The molecule has 0 aliphatic carbocycles. The average molecular weight is 491 g/mol. The number of anilines is 1. The highest BCUT2D eigenvalue weighted by atomic mass is 32.2. The Balaban J connectivity index is 2.08. The Kier molecular flexibility index (Phi) is 6.84. The minimum absolute atomic E-state index is 0.0685. The van der Waals surface area contributed by atoms with Gasteiger partial charge in [-0.2, -0.15) is 0 Å². The van der Waals surface area contributed by atoms with E-state index in [0.29, 0.717) is 10.8 Å². The van der Waals surface area contributed by atoms with Crippen molar-refractivity contribution in [3.8, 4) is 0 Å². The van der Waals surface area contributed by atoms with Gasteiger partial charge in [-0.1, -0.05) is 71.4 Å². The first-order valence-corrected chi connectivity index (χ1v) is 12.0. The highest BCUT2D eigenvalue weighted by Crippen LogP contribution is 2.39. The summed E-state index contributed by atoms with van der Waals surface area (Å²) >= 11 is 1.09. The first-order chi connectivity index (χ1) is 16.8. The number of nitrogens with two attached hydrogens (primary N) is 1. The second-order valence-corrected chi connectivity index (χ2v) is 9.32. The topological polar surface area (TPSA) is 101 Å². The zero-order valence-electron chi connectivity index (χ0n) is 20.0. The van der Waals surface area contributed by atoms with Crippen molar-refractivity contribution in [1.82, 2.24) is 4.57 Å². The number of fused-ring (bicyclic) bond motifs is 1. The Labute approximate surface area is 207 Å². The molecule has 4 rings (SSSR count). The van der Waals surface area contributed by atoms with Gasteiger partial charge in [-0.25, -0.2) is 9.59 Å². The number of hydrogen-bond donors (Lipinski definition) is 1. The maximum absolute atomic E-state index is 13.9. The van der Waals surface area contributed by atoms with Crippen LogP contribution >= 0.6 is 11.8 Å². The van der Waals surface area contributed by atoms with Gasteiger partial charge in [0.25, 0.3) is 0 Å². The smallest absolute Gasteiger partial charge is 0.357 e. The third-order valence-electron chi connectivity index (χ3n) is 5.75. The maximum Gasteiger partial charge on any atom is 0.357 e. The van der Waals surface area contributed by atoms with Crippen LogP contribution in [0, 0.1) is 13.8 Å². The third-order valence-corrected chi connectivity index (χ3v) is 7.06. The number of thioether (sulfide) groups is 1. The summed E-state index contributed by atoms with van der Waals surface area (Å²) in [5, 5.41) is -0.152. The summed E-state index contributed by atoms with van der Waals surface area (Å²) < 4.78 is 11.5. The minimum Gasteiger partial charge on any atom is -0.465 e. The predicted molar refractivity (Wildman–Crippen MR) is 136 cm³/mol. The quantitative estimate of drug-likeness (QED) is 0.549. The Hall–Kier alpha value is -3.78. The first kappa shape index (κ1) is 24.3. The van der Waals surface area contributed by atoms with E-state index in [-0.39, 0.29) is 34.1 Å². The van der Waals surface area contributed by atoms with Crippen molar-refractivity contribution in [2.75, 3.05) is 19.5 Å². The Morgan fingerprint density at radius 3 is 2.20 bits per heavy atom. The molecule has 3 aromatic rings. The fourth-order valence-electron chi connectivity index (χ4n) is 3.96. The maximum atomic E-state index is 13.9. The van der Waals surface area contributed by atoms with Gasteiger partial charge in [0.05, 0.1) is 24.8 Å². The standard InChI is InChI=1S/C27H26N2O5S/c1-5-34-26(31)22-20(28)19(14-17-10-6-15(2)7-11-17)21-24(27(32)33-4)35-23(25(30)29(21)22)18-12-8-16(3)9-13-18/h6-14,23H,5,28H2,1-4H3/b19-14+/t23-/m1/s1. The predicted octanol–water partition coefficient (Wildman–Crippen LogP) is 3.10. The molecule has 2 aromatic carbocycles. The largest absolute Gasteiger partial charge is 0.465 e. The Bertz CT molecular complexity index is 1440. The lowest BCUT2D eigenvalue weighted by Crippen LogP contribution is -2.42. The fourth-order valence-corrected chi connectivity index (χ4v) is 5.19. The molecule has 8 heteroatoms. The number of methoxy groups -OCH3 is 1. The lowest BCUT2D eigenvalue weighted by molar-refractivity contribution is -0.133. The lowest BCUT2D eigenvalue weighted by Gasteiger charge is -2.23. The van der Waals surface area contributed by atoms with Crippen LogP contribution in [0.25, 0.3) is 11.0 Å². The second kappa shape index (κ2) is 9.84. The second-order valence-electron chi connectivity index (χ2n) is 8.20. The van der Waals surface area contributed by atoms with Crippen molar-refractivity contribution in [3.05, 3.63) is 87.0 Å². The molecule has 0 saturated carbocycles. The average Bonchev–Trinajstić information content (AvgIpc) is 3.13.